The van der Waals surface area contributed by atoms with Crippen LogP contribution in [0.15, 0.2) is 18.2 Å². The van der Waals surface area contributed by atoms with E-state index in [0.717, 1.165) is 12.8 Å². The van der Waals surface area contributed by atoms with Crippen molar-refractivity contribution in [3.8, 4) is 5.75 Å². The lowest BCUT2D eigenvalue weighted by Gasteiger charge is -2.38. The molecule has 0 radical (unpaired) electrons. The van der Waals surface area contributed by atoms with Gasteiger partial charge in [-0.3, -0.25) is 9.69 Å². The van der Waals surface area contributed by atoms with Crippen molar-refractivity contribution in [2.45, 2.75) is 25.3 Å². The van der Waals surface area contributed by atoms with Gasteiger partial charge in [-0.05, 0) is 44.0 Å². The summed E-state index contributed by atoms with van der Waals surface area (Å²) in [5.41, 5.74) is 0.711. The van der Waals surface area contributed by atoms with Gasteiger partial charge in [-0.1, -0.05) is 6.42 Å². The highest BCUT2D eigenvalue weighted by atomic mass is 16.5. The first kappa shape index (κ1) is 19.6. The van der Waals surface area contributed by atoms with Crippen molar-refractivity contribution < 1.29 is 24.2 Å². The van der Waals surface area contributed by atoms with Gasteiger partial charge in [-0.2, -0.15) is 0 Å². The molecule has 7 nitrogen and oxygen atoms in total. The lowest BCUT2D eigenvalue weighted by molar-refractivity contribution is 0.0420. The number of aliphatic hydroxyl groups is 1. The highest BCUT2D eigenvalue weighted by Gasteiger charge is 2.28. The number of likely N-dealkylation sites (N-methyl/N-ethyl adjacent to an activating group) is 1. The number of carbonyl (C=O) groups excluding carboxylic acids is 2. The first-order valence-electron chi connectivity index (χ1n) is 9.48. The predicted octanol–water partition coefficient (Wildman–Crippen LogP) is 1.40. The SMILES string of the molecule is COC(=O)c1cc(OCC2CCC2)cc(C(=O)N2CCN(C)[C@H](CO)C2)c1. The Hall–Kier alpha value is -2.12. The lowest BCUT2D eigenvalue weighted by Crippen LogP contribution is -2.54. The number of amides is 1. The van der Waals surface area contributed by atoms with Crippen LogP contribution in [0.3, 0.4) is 0 Å². The Kier molecular flexibility index (Phi) is 6.34. The molecular formula is C20H28N2O5. The molecule has 0 unspecified atom stereocenters. The second-order valence-corrected chi connectivity index (χ2v) is 7.41. The molecule has 1 atom stereocenters. The predicted molar refractivity (Wildman–Crippen MR) is 100 cm³/mol. The topological polar surface area (TPSA) is 79.3 Å². The summed E-state index contributed by atoms with van der Waals surface area (Å²) in [5, 5.41) is 9.51. The van der Waals surface area contributed by atoms with Gasteiger partial charge in [0, 0.05) is 25.2 Å². The number of hydrogen-bond acceptors (Lipinski definition) is 6. The quantitative estimate of drug-likeness (QED) is 0.756. The molecule has 1 N–H and O–H groups in total. The highest BCUT2D eigenvalue weighted by Crippen LogP contribution is 2.28. The molecule has 1 saturated heterocycles. The van der Waals surface area contributed by atoms with Gasteiger partial charge in [0.2, 0.25) is 0 Å². The fourth-order valence-electron chi connectivity index (χ4n) is 3.43. The third kappa shape index (κ3) is 4.59. The standard InChI is InChI=1S/C20H28N2O5/c1-21-6-7-22(11-17(21)12-23)19(24)15-8-16(20(25)26-2)10-18(9-15)27-13-14-4-3-5-14/h8-10,14,17,23H,3-7,11-13H2,1-2H3/t17-/m0/s1. The molecular weight excluding hydrogens is 348 g/mol. The summed E-state index contributed by atoms with van der Waals surface area (Å²) in [6.45, 7) is 2.31. The van der Waals surface area contributed by atoms with Crippen LogP contribution in [-0.2, 0) is 4.74 Å². The smallest absolute Gasteiger partial charge is 0.338 e. The normalized spacial score (nSPS) is 20.9. The maximum absolute atomic E-state index is 13.0. The van der Waals surface area contributed by atoms with Crippen LogP contribution in [-0.4, -0.2) is 79.8 Å². The number of piperazine rings is 1. The summed E-state index contributed by atoms with van der Waals surface area (Å²) < 4.78 is 10.7. The van der Waals surface area contributed by atoms with Crippen molar-refractivity contribution in [2.75, 3.05) is 47.0 Å². The zero-order chi connectivity index (χ0) is 19.4. The molecule has 27 heavy (non-hydrogen) atoms. The van der Waals surface area contributed by atoms with E-state index in [4.69, 9.17) is 9.47 Å². The van der Waals surface area contributed by atoms with E-state index in [0.29, 0.717) is 49.0 Å². The molecule has 1 aromatic rings. The molecule has 2 fully saturated rings. The van der Waals surface area contributed by atoms with E-state index in [-0.39, 0.29) is 18.6 Å². The minimum atomic E-state index is -0.496. The van der Waals surface area contributed by atoms with E-state index in [1.807, 2.05) is 11.9 Å². The molecule has 2 aliphatic rings. The number of aliphatic hydroxyl groups excluding tert-OH is 1. The van der Waals surface area contributed by atoms with Crippen molar-refractivity contribution in [3.63, 3.8) is 0 Å². The van der Waals surface area contributed by atoms with E-state index in [9.17, 15) is 14.7 Å². The molecule has 0 spiro atoms. The van der Waals surface area contributed by atoms with Crippen molar-refractivity contribution in [2.24, 2.45) is 5.92 Å². The molecule has 1 heterocycles. The largest absolute Gasteiger partial charge is 0.493 e. The second kappa shape index (κ2) is 8.71. The summed E-state index contributed by atoms with van der Waals surface area (Å²) >= 11 is 0. The maximum Gasteiger partial charge on any atom is 0.338 e. The summed E-state index contributed by atoms with van der Waals surface area (Å²) in [5.74, 6) is 0.403. The Morgan fingerprint density at radius 3 is 2.56 bits per heavy atom. The first-order chi connectivity index (χ1) is 13.0. The third-order valence-corrected chi connectivity index (χ3v) is 5.56. The number of benzene rings is 1. The molecule has 0 aromatic heterocycles. The highest BCUT2D eigenvalue weighted by molar-refractivity contribution is 5.98. The van der Waals surface area contributed by atoms with Gasteiger partial charge in [-0.25, -0.2) is 4.79 Å². The number of esters is 1. The van der Waals surface area contributed by atoms with Crippen LogP contribution in [0.2, 0.25) is 0 Å². The van der Waals surface area contributed by atoms with E-state index < -0.39 is 5.97 Å². The molecule has 1 amide bonds. The van der Waals surface area contributed by atoms with Crippen LogP contribution < -0.4 is 4.74 Å². The van der Waals surface area contributed by atoms with Gasteiger partial charge >= 0.3 is 5.97 Å². The van der Waals surface area contributed by atoms with Gasteiger partial charge in [0.05, 0.1) is 31.9 Å². The summed E-state index contributed by atoms with van der Waals surface area (Å²) in [7, 11) is 3.25. The van der Waals surface area contributed by atoms with Crippen LogP contribution in [0.4, 0.5) is 0 Å². The Balaban J connectivity index is 1.79. The molecule has 0 bridgehead atoms. The maximum atomic E-state index is 13.0. The summed E-state index contributed by atoms with van der Waals surface area (Å²) in [6.07, 6.45) is 3.55. The van der Waals surface area contributed by atoms with E-state index in [1.165, 1.54) is 13.5 Å². The summed E-state index contributed by atoms with van der Waals surface area (Å²) in [4.78, 5) is 28.8. The Labute approximate surface area is 159 Å². The van der Waals surface area contributed by atoms with Crippen LogP contribution in [0, 0.1) is 5.92 Å². The fourth-order valence-corrected chi connectivity index (χ4v) is 3.43. The van der Waals surface area contributed by atoms with Gasteiger partial charge < -0.3 is 19.5 Å². The molecule has 1 aromatic carbocycles. The summed E-state index contributed by atoms with van der Waals surface area (Å²) in [6, 6.07) is 4.79. The number of carbonyl (C=O) groups is 2. The van der Waals surface area contributed by atoms with E-state index in [1.54, 1.807) is 23.1 Å². The lowest BCUT2D eigenvalue weighted by atomic mass is 9.86. The number of methoxy groups -OCH3 is 1. The minimum Gasteiger partial charge on any atom is -0.493 e. The number of rotatable bonds is 6. The fraction of sp³-hybridized carbons (Fsp3) is 0.600. The van der Waals surface area contributed by atoms with Gasteiger partial charge in [-0.15, -0.1) is 0 Å². The Morgan fingerprint density at radius 2 is 1.93 bits per heavy atom. The van der Waals surface area contributed by atoms with Crippen molar-refractivity contribution >= 4 is 11.9 Å². The monoisotopic (exact) mass is 376 g/mol. The van der Waals surface area contributed by atoms with Gasteiger partial charge in [0.1, 0.15) is 5.75 Å². The second-order valence-electron chi connectivity index (χ2n) is 7.41. The molecule has 148 valence electrons. The molecule has 1 aliphatic carbocycles. The van der Waals surface area contributed by atoms with Crippen LogP contribution in [0.1, 0.15) is 40.0 Å². The number of nitrogens with zero attached hydrogens (tertiary/aromatic N) is 2. The Morgan fingerprint density at radius 1 is 1.19 bits per heavy atom. The van der Waals surface area contributed by atoms with Gasteiger partial charge in [0.25, 0.3) is 5.91 Å². The Bertz CT molecular complexity index is 689. The van der Waals surface area contributed by atoms with Crippen molar-refractivity contribution in [1.29, 1.82) is 0 Å². The van der Waals surface area contributed by atoms with Crippen LogP contribution in [0.5, 0.6) is 5.75 Å². The van der Waals surface area contributed by atoms with Crippen molar-refractivity contribution in [1.82, 2.24) is 9.80 Å². The molecule has 1 saturated carbocycles. The van der Waals surface area contributed by atoms with E-state index >= 15 is 0 Å². The minimum absolute atomic E-state index is 0.00176. The average Bonchev–Trinajstić information content (AvgIpc) is 2.65. The average molecular weight is 376 g/mol. The molecule has 1 aliphatic heterocycles. The van der Waals surface area contributed by atoms with Gasteiger partial charge in [0.15, 0.2) is 0 Å². The first-order valence-corrected chi connectivity index (χ1v) is 9.48. The molecule has 3 rings (SSSR count). The third-order valence-electron chi connectivity index (χ3n) is 5.56. The van der Waals surface area contributed by atoms with Crippen LogP contribution >= 0.6 is 0 Å². The molecule has 7 heteroatoms. The zero-order valence-electron chi connectivity index (χ0n) is 16.0. The van der Waals surface area contributed by atoms with E-state index in [2.05, 4.69) is 0 Å². The zero-order valence-corrected chi connectivity index (χ0v) is 16.0. The van der Waals surface area contributed by atoms with Crippen LogP contribution in [0.25, 0.3) is 0 Å². The number of ether oxygens (including phenoxy) is 2. The number of hydrogen-bond donors (Lipinski definition) is 1. The van der Waals surface area contributed by atoms with Crippen molar-refractivity contribution in [3.05, 3.63) is 29.3 Å².